The first kappa shape index (κ1) is 18.5. The predicted molar refractivity (Wildman–Crippen MR) is 134 cm³/mol. The molecular weight excluding hydrogens is 390 g/mol. The molecule has 5 aromatic carbocycles. The number of furan rings is 1. The summed E-state index contributed by atoms with van der Waals surface area (Å²) in [5, 5.41) is 5.86. The Kier molecular flexibility index (Phi) is 4.47. The van der Waals surface area contributed by atoms with E-state index < -0.39 is 0 Å². The van der Waals surface area contributed by atoms with Crippen LogP contribution in [0.4, 0.5) is 11.4 Å². The third-order valence-corrected chi connectivity index (χ3v) is 5.87. The second kappa shape index (κ2) is 7.75. The zero-order valence-corrected chi connectivity index (χ0v) is 17.5. The number of anilines is 2. The van der Waals surface area contributed by atoms with Crippen LogP contribution in [0.3, 0.4) is 0 Å². The van der Waals surface area contributed by atoms with E-state index in [0.29, 0.717) is 0 Å². The van der Waals surface area contributed by atoms with Crippen LogP contribution in [0.1, 0.15) is 0 Å². The second-order valence-corrected chi connectivity index (χ2v) is 7.90. The van der Waals surface area contributed by atoms with Gasteiger partial charge in [-0.25, -0.2) is 0 Å². The van der Waals surface area contributed by atoms with E-state index in [0.717, 1.165) is 33.3 Å². The molecule has 6 rings (SSSR count). The fraction of sp³-hybridized carbons (Fsp3) is 0. The molecule has 6 aromatic rings. The summed E-state index contributed by atoms with van der Waals surface area (Å²) in [6.45, 7) is 0. The van der Waals surface area contributed by atoms with Crippen molar-refractivity contribution < 1.29 is 4.42 Å². The first-order chi connectivity index (χ1) is 15.9. The molecule has 0 atom stereocenters. The third-order valence-electron chi connectivity index (χ3n) is 5.87. The van der Waals surface area contributed by atoms with Crippen molar-refractivity contribution in [3.05, 3.63) is 121 Å². The smallest absolute Gasteiger partial charge is 0.158 e. The molecule has 152 valence electrons. The van der Waals surface area contributed by atoms with Gasteiger partial charge in [-0.15, -0.1) is 0 Å². The van der Waals surface area contributed by atoms with Gasteiger partial charge in [-0.3, -0.25) is 0 Å². The molecule has 2 heteroatoms. The van der Waals surface area contributed by atoms with Crippen LogP contribution in [-0.2, 0) is 0 Å². The van der Waals surface area contributed by atoms with Gasteiger partial charge in [0.2, 0.25) is 0 Å². The van der Waals surface area contributed by atoms with Crippen molar-refractivity contribution in [2.75, 3.05) is 5.32 Å². The summed E-state index contributed by atoms with van der Waals surface area (Å²) in [6.07, 6.45) is 0. The largest absolute Gasteiger partial charge is 0.454 e. The molecule has 0 saturated heterocycles. The molecule has 2 nitrogen and oxygen atoms in total. The summed E-state index contributed by atoms with van der Waals surface area (Å²) in [5.74, 6) is 0. The lowest BCUT2D eigenvalue weighted by molar-refractivity contribution is 0.670. The molecule has 0 aliphatic rings. The Labute approximate surface area is 186 Å². The second-order valence-electron chi connectivity index (χ2n) is 7.90. The molecule has 1 aromatic heterocycles. The molecule has 0 radical (unpaired) electrons. The van der Waals surface area contributed by atoms with Crippen molar-refractivity contribution in [1.82, 2.24) is 0 Å². The van der Waals surface area contributed by atoms with E-state index in [2.05, 4.69) is 108 Å². The SMILES string of the molecule is c1ccc(-c2ccc(Nc3cccc4c3oc3ccccc34)cc2-c2ccccc2)cc1. The average Bonchev–Trinajstić information content (AvgIpc) is 3.25. The topological polar surface area (TPSA) is 25.2 Å². The standard InChI is InChI=1S/C30H21NO/c1-3-10-21(11-4-1)24-19-18-23(20-27(24)22-12-5-2-6-13-22)31-28-16-9-15-26-25-14-7-8-17-29(25)32-30(26)28/h1-20,31H. The molecular formula is C30H21NO. The Morgan fingerprint density at radius 2 is 1.16 bits per heavy atom. The molecule has 1 N–H and O–H groups in total. The zero-order valence-electron chi connectivity index (χ0n) is 17.5. The summed E-state index contributed by atoms with van der Waals surface area (Å²) < 4.78 is 6.20. The van der Waals surface area contributed by atoms with Crippen LogP contribution in [0.15, 0.2) is 126 Å². The van der Waals surface area contributed by atoms with Crippen LogP contribution in [0.2, 0.25) is 0 Å². The molecule has 1 heterocycles. The fourth-order valence-electron chi connectivity index (χ4n) is 4.35. The highest BCUT2D eigenvalue weighted by molar-refractivity contribution is 6.09. The number of para-hydroxylation sites is 2. The number of nitrogens with one attached hydrogen (secondary N) is 1. The summed E-state index contributed by atoms with van der Waals surface area (Å²) >= 11 is 0. The maximum Gasteiger partial charge on any atom is 0.158 e. The Hall–Kier alpha value is -4.30. The van der Waals surface area contributed by atoms with Crippen LogP contribution < -0.4 is 5.32 Å². The van der Waals surface area contributed by atoms with Crippen LogP contribution >= 0.6 is 0 Å². The first-order valence-electron chi connectivity index (χ1n) is 10.8. The van der Waals surface area contributed by atoms with E-state index in [-0.39, 0.29) is 0 Å². The minimum absolute atomic E-state index is 0.877. The Morgan fingerprint density at radius 3 is 1.94 bits per heavy atom. The average molecular weight is 412 g/mol. The van der Waals surface area contributed by atoms with E-state index in [4.69, 9.17) is 4.42 Å². The monoisotopic (exact) mass is 411 g/mol. The number of hydrogen-bond donors (Lipinski definition) is 1. The van der Waals surface area contributed by atoms with Crippen molar-refractivity contribution in [2.24, 2.45) is 0 Å². The lowest BCUT2D eigenvalue weighted by atomic mass is 9.94. The van der Waals surface area contributed by atoms with Gasteiger partial charge in [0.1, 0.15) is 5.58 Å². The predicted octanol–water partition coefficient (Wildman–Crippen LogP) is 8.66. The lowest BCUT2D eigenvalue weighted by Gasteiger charge is -2.14. The highest BCUT2D eigenvalue weighted by Gasteiger charge is 2.12. The maximum absolute atomic E-state index is 6.20. The molecule has 32 heavy (non-hydrogen) atoms. The van der Waals surface area contributed by atoms with E-state index in [1.165, 1.54) is 22.3 Å². The highest BCUT2D eigenvalue weighted by atomic mass is 16.3. The van der Waals surface area contributed by atoms with Gasteiger partial charge >= 0.3 is 0 Å². The van der Waals surface area contributed by atoms with E-state index in [1.54, 1.807) is 0 Å². The van der Waals surface area contributed by atoms with Gasteiger partial charge in [-0.1, -0.05) is 97.1 Å². The molecule has 0 saturated carbocycles. The first-order valence-corrected chi connectivity index (χ1v) is 10.8. The van der Waals surface area contributed by atoms with Gasteiger partial charge in [0.05, 0.1) is 5.69 Å². The Balaban J connectivity index is 1.47. The lowest BCUT2D eigenvalue weighted by Crippen LogP contribution is -1.93. The number of hydrogen-bond acceptors (Lipinski definition) is 2. The van der Waals surface area contributed by atoms with E-state index in [1.807, 2.05) is 18.2 Å². The molecule has 0 fully saturated rings. The van der Waals surface area contributed by atoms with E-state index >= 15 is 0 Å². The van der Waals surface area contributed by atoms with Gasteiger partial charge in [0.15, 0.2) is 5.58 Å². The van der Waals surface area contributed by atoms with Crippen LogP contribution in [0.25, 0.3) is 44.2 Å². The highest BCUT2D eigenvalue weighted by Crippen LogP contribution is 2.37. The van der Waals surface area contributed by atoms with Gasteiger partial charge < -0.3 is 9.73 Å². The molecule has 0 bridgehead atoms. The van der Waals surface area contributed by atoms with Gasteiger partial charge in [-0.05, 0) is 46.5 Å². The minimum Gasteiger partial charge on any atom is -0.454 e. The van der Waals surface area contributed by atoms with Gasteiger partial charge in [0.25, 0.3) is 0 Å². The third kappa shape index (κ3) is 3.23. The molecule has 0 unspecified atom stereocenters. The summed E-state index contributed by atoms with van der Waals surface area (Å²) in [5.41, 5.74) is 8.57. The minimum atomic E-state index is 0.877. The van der Waals surface area contributed by atoms with Crippen LogP contribution in [0, 0.1) is 0 Å². The number of benzene rings is 5. The summed E-state index contributed by atoms with van der Waals surface area (Å²) in [4.78, 5) is 0. The van der Waals surface area contributed by atoms with Gasteiger partial charge in [-0.2, -0.15) is 0 Å². The van der Waals surface area contributed by atoms with Crippen LogP contribution in [-0.4, -0.2) is 0 Å². The normalized spacial score (nSPS) is 11.1. The Bertz CT molecular complexity index is 1530. The van der Waals surface area contributed by atoms with Crippen molar-refractivity contribution >= 4 is 33.3 Å². The van der Waals surface area contributed by atoms with Crippen molar-refractivity contribution in [3.8, 4) is 22.3 Å². The molecule has 0 aliphatic heterocycles. The number of rotatable bonds is 4. The van der Waals surface area contributed by atoms with E-state index in [9.17, 15) is 0 Å². The maximum atomic E-state index is 6.20. The Morgan fingerprint density at radius 1 is 0.500 bits per heavy atom. The quantitative estimate of drug-likeness (QED) is 0.314. The summed E-state index contributed by atoms with van der Waals surface area (Å²) in [6, 6.07) is 42.0. The van der Waals surface area contributed by atoms with Gasteiger partial charge in [0, 0.05) is 16.5 Å². The number of fused-ring (bicyclic) bond motifs is 3. The van der Waals surface area contributed by atoms with Crippen molar-refractivity contribution in [2.45, 2.75) is 0 Å². The molecule has 0 amide bonds. The summed E-state index contributed by atoms with van der Waals surface area (Å²) in [7, 11) is 0. The van der Waals surface area contributed by atoms with Crippen molar-refractivity contribution in [1.29, 1.82) is 0 Å². The van der Waals surface area contributed by atoms with Crippen molar-refractivity contribution in [3.63, 3.8) is 0 Å². The van der Waals surface area contributed by atoms with Crippen LogP contribution in [0.5, 0.6) is 0 Å². The fourth-order valence-corrected chi connectivity index (χ4v) is 4.35. The zero-order chi connectivity index (χ0) is 21.3. The molecule has 0 spiro atoms. The molecule has 0 aliphatic carbocycles.